The average Bonchev–Trinajstić information content (AvgIpc) is 3.00. The first-order valence-electron chi connectivity index (χ1n) is 7.03. The Morgan fingerprint density at radius 2 is 1.83 bits per heavy atom. The van der Waals surface area contributed by atoms with Crippen molar-refractivity contribution in [3.63, 3.8) is 0 Å². The molecule has 1 aromatic carbocycles. The second kappa shape index (κ2) is 5.85. The van der Waals surface area contributed by atoms with Gasteiger partial charge in [0.15, 0.2) is 0 Å². The fraction of sp³-hybridized carbons (Fsp3) is 0.188. The first-order chi connectivity index (χ1) is 11.0. The molecule has 6 nitrogen and oxygen atoms in total. The monoisotopic (exact) mass is 328 g/mol. The van der Waals surface area contributed by atoms with E-state index in [2.05, 4.69) is 4.98 Å². The lowest BCUT2D eigenvalue weighted by molar-refractivity contribution is 0.696. The summed E-state index contributed by atoms with van der Waals surface area (Å²) < 4.78 is 2.30. The molecule has 0 aliphatic rings. The Bertz CT molecular complexity index is 970. The van der Waals surface area contributed by atoms with Crippen molar-refractivity contribution in [2.24, 2.45) is 14.1 Å². The number of thiazole rings is 1. The van der Waals surface area contributed by atoms with Crippen molar-refractivity contribution >= 4 is 17.2 Å². The molecule has 0 aliphatic carbocycles. The highest BCUT2D eigenvalue weighted by Crippen LogP contribution is 2.24. The van der Waals surface area contributed by atoms with Gasteiger partial charge in [0.2, 0.25) is 0 Å². The topological polar surface area (TPSA) is 82.9 Å². The standard InChI is InChI=1S/C16H16N4O2S/c1-19-14(17)13(15(21)20(2)16(19)22)11-9-23-12(18-11)8-10-6-4-3-5-7-10/h3-7,9H,8,17H2,1-2H3. The summed E-state index contributed by atoms with van der Waals surface area (Å²) in [6.07, 6.45) is 0.692. The summed E-state index contributed by atoms with van der Waals surface area (Å²) in [4.78, 5) is 28.8. The van der Waals surface area contributed by atoms with E-state index in [9.17, 15) is 9.59 Å². The van der Waals surface area contributed by atoms with Gasteiger partial charge in [0.1, 0.15) is 11.4 Å². The Hall–Kier alpha value is -2.67. The molecule has 0 fully saturated rings. The molecule has 3 rings (SSSR count). The molecule has 0 aliphatic heterocycles. The maximum Gasteiger partial charge on any atom is 0.332 e. The Morgan fingerprint density at radius 3 is 2.52 bits per heavy atom. The van der Waals surface area contributed by atoms with Gasteiger partial charge >= 0.3 is 5.69 Å². The molecule has 0 amide bonds. The molecule has 118 valence electrons. The van der Waals surface area contributed by atoms with Crippen molar-refractivity contribution in [1.82, 2.24) is 14.1 Å². The van der Waals surface area contributed by atoms with Gasteiger partial charge in [-0.25, -0.2) is 9.78 Å². The van der Waals surface area contributed by atoms with E-state index in [1.165, 1.54) is 30.0 Å². The van der Waals surface area contributed by atoms with Gasteiger partial charge < -0.3 is 5.73 Å². The predicted octanol–water partition coefficient (Wildman–Crippen LogP) is 1.38. The van der Waals surface area contributed by atoms with Crippen LogP contribution in [-0.4, -0.2) is 14.1 Å². The highest BCUT2D eigenvalue weighted by Gasteiger charge is 2.17. The lowest BCUT2D eigenvalue weighted by atomic mass is 10.2. The number of aromatic nitrogens is 3. The molecule has 0 unspecified atom stereocenters. The van der Waals surface area contributed by atoms with E-state index in [1.54, 1.807) is 5.38 Å². The molecule has 2 heterocycles. The molecule has 0 atom stereocenters. The number of nitrogens with zero attached hydrogens (tertiary/aromatic N) is 3. The van der Waals surface area contributed by atoms with Crippen molar-refractivity contribution in [3.8, 4) is 11.3 Å². The number of rotatable bonds is 3. The summed E-state index contributed by atoms with van der Waals surface area (Å²) in [7, 11) is 2.97. The summed E-state index contributed by atoms with van der Waals surface area (Å²) in [5.41, 5.74) is 7.01. The van der Waals surface area contributed by atoms with E-state index in [4.69, 9.17) is 5.73 Å². The van der Waals surface area contributed by atoms with E-state index in [0.717, 1.165) is 15.1 Å². The smallest absolute Gasteiger partial charge is 0.332 e. The van der Waals surface area contributed by atoms with Crippen molar-refractivity contribution < 1.29 is 0 Å². The van der Waals surface area contributed by atoms with Crippen LogP contribution in [0.15, 0.2) is 45.3 Å². The molecule has 2 N–H and O–H groups in total. The Morgan fingerprint density at radius 1 is 1.13 bits per heavy atom. The molecule has 0 saturated carbocycles. The highest BCUT2D eigenvalue weighted by atomic mass is 32.1. The van der Waals surface area contributed by atoms with Gasteiger partial charge in [-0.3, -0.25) is 13.9 Å². The van der Waals surface area contributed by atoms with Gasteiger partial charge in [-0.1, -0.05) is 30.3 Å². The molecule has 0 saturated heterocycles. The van der Waals surface area contributed by atoms with Gasteiger partial charge in [-0.2, -0.15) is 0 Å². The average molecular weight is 328 g/mol. The molecule has 2 aromatic heterocycles. The number of benzene rings is 1. The predicted molar refractivity (Wildman–Crippen MR) is 91.7 cm³/mol. The molecule has 23 heavy (non-hydrogen) atoms. The molecular formula is C16H16N4O2S. The Kier molecular flexibility index (Phi) is 3.87. The van der Waals surface area contributed by atoms with Crippen LogP contribution < -0.4 is 17.0 Å². The third-order valence-electron chi connectivity index (χ3n) is 3.72. The largest absolute Gasteiger partial charge is 0.384 e. The van der Waals surface area contributed by atoms with Crippen LogP contribution in [0.3, 0.4) is 0 Å². The second-order valence-corrected chi connectivity index (χ2v) is 6.20. The van der Waals surface area contributed by atoms with E-state index < -0.39 is 11.2 Å². The van der Waals surface area contributed by atoms with Crippen molar-refractivity contribution in [3.05, 3.63) is 67.1 Å². The van der Waals surface area contributed by atoms with Crippen LogP contribution in [-0.2, 0) is 20.5 Å². The summed E-state index contributed by atoms with van der Waals surface area (Å²) in [6, 6.07) is 9.97. The molecule has 0 spiro atoms. The van der Waals surface area contributed by atoms with Crippen LogP contribution in [0.4, 0.5) is 5.82 Å². The van der Waals surface area contributed by atoms with Gasteiger partial charge in [0.05, 0.1) is 10.7 Å². The fourth-order valence-electron chi connectivity index (χ4n) is 2.38. The summed E-state index contributed by atoms with van der Waals surface area (Å²) in [6.45, 7) is 0. The summed E-state index contributed by atoms with van der Waals surface area (Å²) >= 11 is 1.47. The van der Waals surface area contributed by atoms with E-state index in [-0.39, 0.29) is 11.4 Å². The van der Waals surface area contributed by atoms with E-state index in [1.807, 2.05) is 30.3 Å². The quantitative estimate of drug-likeness (QED) is 0.787. The molecule has 0 bridgehead atoms. The first kappa shape index (κ1) is 15.2. The normalized spacial score (nSPS) is 10.9. The van der Waals surface area contributed by atoms with Crippen molar-refractivity contribution in [2.45, 2.75) is 6.42 Å². The van der Waals surface area contributed by atoms with E-state index >= 15 is 0 Å². The zero-order chi connectivity index (χ0) is 16.6. The van der Waals surface area contributed by atoms with Crippen LogP contribution in [0.2, 0.25) is 0 Å². The van der Waals surface area contributed by atoms with Gasteiger partial charge in [-0.15, -0.1) is 11.3 Å². The van der Waals surface area contributed by atoms with Gasteiger partial charge in [0.25, 0.3) is 5.56 Å². The molecule has 7 heteroatoms. The van der Waals surface area contributed by atoms with Gasteiger partial charge in [0, 0.05) is 25.9 Å². The summed E-state index contributed by atoms with van der Waals surface area (Å²) in [5.74, 6) is 0.134. The third-order valence-corrected chi connectivity index (χ3v) is 4.56. The molecular weight excluding hydrogens is 312 g/mol. The van der Waals surface area contributed by atoms with Crippen LogP contribution >= 0.6 is 11.3 Å². The molecule has 3 aromatic rings. The lowest BCUT2D eigenvalue weighted by Gasteiger charge is -2.09. The van der Waals surface area contributed by atoms with Crippen LogP contribution in [0.25, 0.3) is 11.3 Å². The third kappa shape index (κ3) is 2.70. The number of nitrogen functional groups attached to an aromatic ring is 1. The first-order valence-corrected chi connectivity index (χ1v) is 7.91. The minimum absolute atomic E-state index is 0.134. The lowest BCUT2D eigenvalue weighted by Crippen LogP contribution is -2.39. The van der Waals surface area contributed by atoms with Crippen LogP contribution in [0, 0.1) is 0 Å². The van der Waals surface area contributed by atoms with Crippen molar-refractivity contribution in [1.29, 1.82) is 0 Å². The Balaban J connectivity index is 2.05. The minimum atomic E-state index is -0.448. The number of anilines is 1. The van der Waals surface area contributed by atoms with Gasteiger partial charge in [-0.05, 0) is 5.56 Å². The van der Waals surface area contributed by atoms with Crippen LogP contribution in [0.1, 0.15) is 10.6 Å². The number of hydrogen-bond acceptors (Lipinski definition) is 5. The highest BCUT2D eigenvalue weighted by molar-refractivity contribution is 7.10. The minimum Gasteiger partial charge on any atom is -0.384 e. The fourth-order valence-corrected chi connectivity index (χ4v) is 3.20. The van der Waals surface area contributed by atoms with Crippen LogP contribution in [0.5, 0.6) is 0 Å². The maximum atomic E-state index is 12.4. The zero-order valence-corrected chi connectivity index (χ0v) is 13.6. The molecule has 0 radical (unpaired) electrons. The van der Waals surface area contributed by atoms with Crippen molar-refractivity contribution in [2.75, 3.05) is 5.73 Å². The summed E-state index contributed by atoms with van der Waals surface area (Å²) in [5, 5.41) is 2.69. The number of nitrogens with two attached hydrogens (primary N) is 1. The Labute approximate surface area is 136 Å². The SMILES string of the molecule is Cn1c(N)c(-c2csc(Cc3ccccc3)n2)c(=O)n(C)c1=O. The zero-order valence-electron chi connectivity index (χ0n) is 12.8. The maximum absolute atomic E-state index is 12.4. The second-order valence-electron chi connectivity index (χ2n) is 5.25. The number of hydrogen-bond donors (Lipinski definition) is 1. The van der Waals surface area contributed by atoms with E-state index in [0.29, 0.717) is 12.1 Å².